The van der Waals surface area contributed by atoms with Crippen LogP contribution in [-0.4, -0.2) is 51.6 Å². The molecule has 0 spiro atoms. The molecule has 1 atom stereocenters. The molecule has 112 valence electrons. The SMILES string of the molecule is Cn1cc(CCN2CCC(C(=O)O)(C(F)(F)F)C2)cn1. The first kappa shape index (κ1) is 14.8. The first-order valence-electron chi connectivity index (χ1n) is 6.24. The Morgan fingerprint density at radius 3 is 2.70 bits per heavy atom. The predicted octanol–water partition coefficient (Wildman–Crippen LogP) is 1.30. The molecule has 1 saturated heterocycles. The second kappa shape index (κ2) is 5.08. The highest BCUT2D eigenvalue weighted by Gasteiger charge is 2.63. The number of aromatic nitrogens is 2. The molecule has 5 nitrogen and oxygen atoms in total. The van der Waals surface area contributed by atoms with Crippen LogP contribution in [0.15, 0.2) is 12.4 Å². The maximum Gasteiger partial charge on any atom is 0.406 e. The van der Waals surface area contributed by atoms with Crippen LogP contribution in [0.5, 0.6) is 0 Å². The van der Waals surface area contributed by atoms with Gasteiger partial charge in [0.1, 0.15) is 0 Å². The fourth-order valence-electron chi connectivity index (χ4n) is 2.50. The van der Waals surface area contributed by atoms with Gasteiger partial charge < -0.3 is 10.0 Å². The van der Waals surface area contributed by atoms with Gasteiger partial charge in [-0.05, 0) is 24.9 Å². The molecule has 0 aliphatic carbocycles. The van der Waals surface area contributed by atoms with Gasteiger partial charge in [0.25, 0.3) is 0 Å². The molecule has 1 aliphatic heterocycles. The third-order valence-electron chi connectivity index (χ3n) is 3.78. The lowest BCUT2D eigenvalue weighted by molar-refractivity contribution is -0.227. The standard InChI is InChI=1S/C12H16F3N3O2/c1-17-7-9(6-16-17)2-4-18-5-3-11(8-18,10(19)20)12(13,14)15/h6-7H,2-5,8H2,1H3,(H,19,20). The molecule has 1 N–H and O–H groups in total. The van der Waals surface area contributed by atoms with E-state index in [9.17, 15) is 18.0 Å². The molecule has 0 aromatic carbocycles. The molecular formula is C12H16F3N3O2. The van der Waals surface area contributed by atoms with E-state index in [1.807, 2.05) is 0 Å². The second-order valence-electron chi connectivity index (χ2n) is 5.18. The Kier molecular flexibility index (Phi) is 3.77. The number of likely N-dealkylation sites (tertiary alicyclic amines) is 1. The Hall–Kier alpha value is -1.57. The summed E-state index contributed by atoms with van der Waals surface area (Å²) in [5.74, 6) is -1.78. The van der Waals surface area contributed by atoms with E-state index in [0.29, 0.717) is 13.0 Å². The number of halogens is 3. The molecule has 1 fully saturated rings. The zero-order valence-corrected chi connectivity index (χ0v) is 11.0. The van der Waals surface area contributed by atoms with Crippen LogP contribution in [0, 0.1) is 5.41 Å². The van der Waals surface area contributed by atoms with Gasteiger partial charge in [-0.25, -0.2) is 0 Å². The van der Waals surface area contributed by atoms with Gasteiger partial charge in [0.05, 0.1) is 6.20 Å². The molecule has 1 aromatic rings. The quantitative estimate of drug-likeness (QED) is 0.908. The van der Waals surface area contributed by atoms with Crippen molar-refractivity contribution in [2.75, 3.05) is 19.6 Å². The van der Waals surface area contributed by atoms with E-state index >= 15 is 0 Å². The molecule has 2 rings (SSSR count). The number of hydrogen-bond donors (Lipinski definition) is 1. The van der Waals surface area contributed by atoms with Crippen LogP contribution in [0.2, 0.25) is 0 Å². The van der Waals surface area contributed by atoms with Crippen molar-refractivity contribution in [3.63, 3.8) is 0 Å². The van der Waals surface area contributed by atoms with Crippen molar-refractivity contribution in [3.05, 3.63) is 18.0 Å². The van der Waals surface area contributed by atoms with Gasteiger partial charge in [-0.3, -0.25) is 9.48 Å². The first-order chi connectivity index (χ1) is 9.24. The Bertz CT molecular complexity index is 500. The van der Waals surface area contributed by atoms with E-state index in [-0.39, 0.29) is 6.54 Å². The molecule has 1 unspecified atom stereocenters. The van der Waals surface area contributed by atoms with Crippen LogP contribution >= 0.6 is 0 Å². The first-order valence-corrected chi connectivity index (χ1v) is 6.24. The van der Waals surface area contributed by atoms with Crippen molar-refractivity contribution >= 4 is 5.97 Å². The zero-order chi connectivity index (χ0) is 15.0. The fourth-order valence-corrected chi connectivity index (χ4v) is 2.50. The third kappa shape index (κ3) is 2.65. The van der Waals surface area contributed by atoms with Gasteiger partial charge in [-0.15, -0.1) is 0 Å². The number of nitrogens with zero attached hydrogens (tertiary/aromatic N) is 3. The van der Waals surface area contributed by atoms with Gasteiger partial charge in [-0.2, -0.15) is 18.3 Å². The van der Waals surface area contributed by atoms with E-state index in [1.54, 1.807) is 29.0 Å². The number of rotatable bonds is 4. The molecule has 8 heteroatoms. The van der Waals surface area contributed by atoms with Crippen LogP contribution in [0.3, 0.4) is 0 Å². The summed E-state index contributed by atoms with van der Waals surface area (Å²) in [6, 6.07) is 0. The lowest BCUT2D eigenvalue weighted by Crippen LogP contribution is -2.47. The summed E-state index contributed by atoms with van der Waals surface area (Å²) in [6.45, 7) is 0.0645. The number of carboxylic acids is 1. The van der Waals surface area contributed by atoms with E-state index in [1.165, 1.54) is 0 Å². The summed E-state index contributed by atoms with van der Waals surface area (Å²) in [6.07, 6.45) is -1.10. The normalized spacial score (nSPS) is 24.2. The maximum absolute atomic E-state index is 13.0. The number of carboxylic acid groups (broad SMARTS) is 1. The average Bonchev–Trinajstić information content (AvgIpc) is 2.92. The molecule has 1 aliphatic rings. The summed E-state index contributed by atoms with van der Waals surface area (Å²) >= 11 is 0. The van der Waals surface area contributed by atoms with Gasteiger partial charge in [0, 0.05) is 26.3 Å². The Labute approximate surface area is 114 Å². The Morgan fingerprint density at radius 2 is 2.25 bits per heavy atom. The molecule has 0 amide bonds. The summed E-state index contributed by atoms with van der Waals surface area (Å²) in [7, 11) is 1.76. The van der Waals surface area contributed by atoms with Gasteiger partial charge >= 0.3 is 12.1 Å². The number of hydrogen-bond acceptors (Lipinski definition) is 3. The number of aryl methyl sites for hydroxylation is 1. The summed E-state index contributed by atoms with van der Waals surface area (Å²) < 4.78 is 40.6. The van der Waals surface area contributed by atoms with Crippen molar-refractivity contribution in [2.45, 2.75) is 19.0 Å². The third-order valence-corrected chi connectivity index (χ3v) is 3.78. The molecule has 0 radical (unpaired) electrons. The lowest BCUT2D eigenvalue weighted by atomic mass is 9.86. The van der Waals surface area contributed by atoms with E-state index in [4.69, 9.17) is 5.11 Å². The highest BCUT2D eigenvalue weighted by Crippen LogP contribution is 2.45. The fraction of sp³-hybridized carbons (Fsp3) is 0.667. The molecule has 20 heavy (non-hydrogen) atoms. The van der Waals surface area contributed by atoms with Crippen molar-refractivity contribution in [1.82, 2.24) is 14.7 Å². The van der Waals surface area contributed by atoms with Crippen LogP contribution in [0.4, 0.5) is 13.2 Å². The molecular weight excluding hydrogens is 275 g/mol. The van der Waals surface area contributed by atoms with Crippen LogP contribution < -0.4 is 0 Å². The van der Waals surface area contributed by atoms with Crippen LogP contribution in [0.25, 0.3) is 0 Å². The molecule has 2 heterocycles. The van der Waals surface area contributed by atoms with Crippen LogP contribution in [-0.2, 0) is 18.3 Å². The minimum absolute atomic E-state index is 0.145. The van der Waals surface area contributed by atoms with Gasteiger partial charge in [0.15, 0.2) is 5.41 Å². The largest absolute Gasteiger partial charge is 0.481 e. The number of carbonyl (C=O) groups is 1. The number of alkyl halides is 3. The minimum Gasteiger partial charge on any atom is -0.481 e. The highest BCUT2D eigenvalue weighted by molar-refractivity contribution is 5.76. The molecule has 0 saturated carbocycles. The highest BCUT2D eigenvalue weighted by atomic mass is 19.4. The monoisotopic (exact) mass is 291 g/mol. The van der Waals surface area contributed by atoms with E-state index < -0.39 is 30.5 Å². The van der Waals surface area contributed by atoms with Crippen molar-refractivity contribution in [1.29, 1.82) is 0 Å². The lowest BCUT2D eigenvalue weighted by Gasteiger charge is -2.27. The van der Waals surface area contributed by atoms with E-state index in [0.717, 1.165) is 5.56 Å². The van der Waals surface area contributed by atoms with Crippen LogP contribution in [0.1, 0.15) is 12.0 Å². The average molecular weight is 291 g/mol. The smallest absolute Gasteiger partial charge is 0.406 e. The summed E-state index contributed by atoms with van der Waals surface area (Å²) in [5, 5.41) is 12.9. The van der Waals surface area contributed by atoms with Gasteiger partial charge in [-0.1, -0.05) is 0 Å². The summed E-state index contributed by atoms with van der Waals surface area (Å²) in [5.41, 5.74) is -1.70. The van der Waals surface area contributed by atoms with Gasteiger partial charge in [0.2, 0.25) is 0 Å². The maximum atomic E-state index is 13.0. The molecule has 1 aromatic heterocycles. The van der Waals surface area contributed by atoms with Crippen molar-refractivity contribution < 1.29 is 23.1 Å². The summed E-state index contributed by atoms with van der Waals surface area (Å²) in [4.78, 5) is 12.6. The number of aliphatic carboxylic acids is 1. The zero-order valence-electron chi connectivity index (χ0n) is 11.0. The Morgan fingerprint density at radius 1 is 1.55 bits per heavy atom. The second-order valence-corrected chi connectivity index (χ2v) is 5.18. The van der Waals surface area contributed by atoms with Crippen molar-refractivity contribution in [2.24, 2.45) is 12.5 Å². The predicted molar refractivity (Wildman–Crippen MR) is 64.1 cm³/mol. The van der Waals surface area contributed by atoms with E-state index in [2.05, 4.69) is 5.10 Å². The molecule has 0 bridgehead atoms. The van der Waals surface area contributed by atoms with Crippen molar-refractivity contribution in [3.8, 4) is 0 Å². The topological polar surface area (TPSA) is 58.4 Å². The Balaban J connectivity index is 1.99. The minimum atomic E-state index is -4.72.